The number of aromatic nitrogens is 2. The third kappa shape index (κ3) is 3.81. The molecule has 0 aliphatic carbocycles. The predicted molar refractivity (Wildman–Crippen MR) is 80.7 cm³/mol. The summed E-state index contributed by atoms with van der Waals surface area (Å²) in [5.41, 5.74) is 6.17. The first-order valence-electron chi connectivity index (χ1n) is 6.32. The molecule has 1 aromatic heterocycles. The standard InChI is InChI=1S/C14H16BrN3O3/c1-14(2,3)13-17-11(21-18-13)7-20-12(19)9-6-8(15)4-5-10(9)16/h4-6H,7,16H2,1-3H3. The van der Waals surface area contributed by atoms with Crippen LogP contribution in [0, 0.1) is 0 Å². The van der Waals surface area contributed by atoms with E-state index in [9.17, 15) is 4.79 Å². The number of nitrogen functional groups attached to an aromatic ring is 1. The Kier molecular flexibility index (Phi) is 4.32. The van der Waals surface area contributed by atoms with E-state index in [0.717, 1.165) is 4.47 Å². The van der Waals surface area contributed by atoms with Crippen molar-refractivity contribution in [3.63, 3.8) is 0 Å². The SMILES string of the molecule is CC(C)(C)c1noc(COC(=O)c2cc(Br)ccc2N)n1. The van der Waals surface area contributed by atoms with Crippen molar-refractivity contribution in [3.8, 4) is 0 Å². The van der Waals surface area contributed by atoms with Crippen molar-refractivity contribution in [2.24, 2.45) is 0 Å². The van der Waals surface area contributed by atoms with Crippen LogP contribution in [0.15, 0.2) is 27.2 Å². The summed E-state index contributed by atoms with van der Waals surface area (Å²) in [6.45, 7) is 5.81. The fraction of sp³-hybridized carbons (Fsp3) is 0.357. The van der Waals surface area contributed by atoms with Gasteiger partial charge in [0.2, 0.25) is 0 Å². The fourth-order valence-electron chi connectivity index (χ4n) is 1.53. The Bertz CT molecular complexity index is 662. The fourth-order valence-corrected chi connectivity index (χ4v) is 1.89. The van der Waals surface area contributed by atoms with Crippen molar-refractivity contribution in [1.82, 2.24) is 10.1 Å². The summed E-state index contributed by atoms with van der Waals surface area (Å²) in [5, 5.41) is 3.86. The van der Waals surface area contributed by atoms with Gasteiger partial charge in [-0.25, -0.2) is 4.79 Å². The van der Waals surface area contributed by atoms with Crippen molar-refractivity contribution in [3.05, 3.63) is 40.0 Å². The molecule has 21 heavy (non-hydrogen) atoms. The van der Waals surface area contributed by atoms with E-state index in [2.05, 4.69) is 26.1 Å². The molecule has 0 aliphatic heterocycles. The van der Waals surface area contributed by atoms with Crippen LogP contribution in [0.4, 0.5) is 5.69 Å². The van der Waals surface area contributed by atoms with Crippen molar-refractivity contribution < 1.29 is 14.1 Å². The number of nitrogens with zero attached hydrogens (tertiary/aromatic N) is 2. The van der Waals surface area contributed by atoms with Gasteiger partial charge < -0.3 is 15.0 Å². The molecule has 0 spiro atoms. The zero-order chi connectivity index (χ0) is 15.6. The molecule has 2 rings (SSSR count). The molecule has 0 fully saturated rings. The number of hydrogen-bond donors (Lipinski definition) is 1. The second-order valence-electron chi connectivity index (χ2n) is 5.57. The number of esters is 1. The number of benzene rings is 1. The van der Waals surface area contributed by atoms with Crippen LogP contribution in [0.1, 0.15) is 42.8 Å². The van der Waals surface area contributed by atoms with E-state index in [1.54, 1.807) is 18.2 Å². The number of anilines is 1. The van der Waals surface area contributed by atoms with E-state index in [1.807, 2.05) is 20.8 Å². The smallest absolute Gasteiger partial charge is 0.340 e. The summed E-state index contributed by atoms with van der Waals surface area (Å²) >= 11 is 3.28. The lowest BCUT2D eigenvalue weighted by Crippen LogP contribution is -2.13. The average Bonchev–Trinajstić information content (AvgIpc) is 2.87. The molecule has 1 aromatic carbocycles. The lowest BCUT2D eigenvalue weighted by molar-refractivity contribution is 0.0431. The summed E-state index contributed by atoms with van der Waals surface area (Å²) in [6.07, 6.45) is 0. The van der Waals surface area contributed by atoms with Crippen LogP contribution in [0.5, 0.6) is 0 Å². The predicted octanol–water partition coefficient (Wildman–Crippen LogP) is 3.07. The summed E-state index contributed by atoms with van der Waals surface area (Å²) in [4.78, 5) is 16.2. The van der Waals surface area contributed by atoms with Gasteiger partial charge in [0.15, 0.2) is 12.4 Å². The molecule has 2 aromatic rings. The highest BCUT2D eigenvalue weighted by Crippen LogP contribution is 2.21. The third-order valence-electron chi connectivity index (χ3n) is 2.70. The average molecular weight is 354 g/mol. The van der Waals surface area contributed by atoms with Crippen LogP contribution in [0.2, 0.25) is 0 Å². The number of halogens is 1. The number of carbonyl (C=O) groups is 1. The molecule has 2 N–H and O–H groups in total. The molecule has 0 bridgehead atoms. The van der Waals surface area contributed by atoms with Gasteiger partial charge in [0.05, 0.1) is 5.56 Å². The Morgan fingerprint density at radius 3 is 2.76 bits per heavy atom. The van der Waals surface area contributed by atoms with Gasteiger partial charge in [0.1, 0.15) is 0 Å². The number of nitrogens with two attached hydrogens (primary N) is 1. The Morgan fingerprint density at radius 2 is 2.14 bits per heavy atom. The molecule has 0 saturated carbocycles. The highest BCUT2D eigenvalue weighted by Gasteiger charge is 2.21. The molecule has 1 heterocycles. The minimum absolute atomic E-state index is 0.0894. The number of hydrogen-bond acceptors (Lipinski definition) is 6. The lowest BCUT2D eigenvalue weighted by Gasteiger charge is -2.10. The van der Waals surface area contributed by atoms with Crippen molar-refractivity contribution in [2.75, 3.05) is 5.73 Å². The van der Waals surface area contributed by atoms with Crippen molar-refractivity contribution in [2.45, 2.75) is 32.8 Å². The van der Waals surface area contributed by atoms with Gasteiger partial charge in [0, 0.05) is 15.6 Å². The molecule has 0 amide bonds. The number of ether oxygens (including phenoxy) is 1. The van der Waals surface area contributed by atoms with E-state index >= 15 is 0 Å². The van der Waals surface area contributed by atoms with E-state index in [4.69, 9.17) is 15.0 Å². The maximum atomic E-state index is 12.0. The van der Waals surface area contributed by atoms with Crippen LogP contribution in [0.25, 0.3) is 0 Å². The Morgan fingerprint density at radius 1 is 1.43 bits per heavy atom. The quantitative estimate of drug-likeness (QED) is 0.673. The maximum Gasteiger partial charge on any atom is 0.340 e. The van der Waals surface area contributed by atoms with Gasteiger partial charge in [-0.05, 0) is 18.2 Å². The molecule has 0 atom stereocenters. The Labute approximate surface area is 130 Å². The summed E-state index contributed by atoms with van der Waals surface area (Å²) < 4.78 is 10.9. The van der Waals surface area contributed by atoms with Crippen LogP contribution in [-0.2, 0) is 16.8 Å². The van der Waals surface area contributed by atoms with Gasteiger partial charge in [-0.2, -0.15) is 4.98 Å². The second kappa shape index (κ2) is 5.85. The van der Waals surface area contributed by atoms with Gasteiger partial charge in [0.25, 0.3) is 5.89 Å². The molecule has 7 heteroatoms. The van der Waals surface area contributed by atoms with Gasteiger partial charge >= 0.3 is 5.97 Å². The van der Waals surface area contributed by atoms with Crippen LogP contribution in [0.3, 0.4) is 0 Å². The highest BCUT2D eigenvalue weighted by molar-refractivity contribution is 9.10. The number of rotatable bonds is 3. The van der Waals surface area contributed by atoms with Crippen molar-refractivity contribution >= 4 is 27.6 Å². The summed E-state index contributed by atoms with van der Waals surface area (Å²) in [6, 6.07) is 4.98. The van der Waals surface area contributed by atoms with Crippen LogP contribution < -0.4 is 5.73 Å². The van der Waals surface area contributed by atoms with Crippen LogP contribution >= 0.6 is 15.9 Å². The molecular weight excluding hydrogens is 338 g/mol. The van der Waals surface area contributed by atoms with E-state index in [1.165, 1.54) is 0 Å². The summed E-state index contributed by atoms with van der Waals surface area (Å²) in [5.74, 6) is 0.279. The maximum absolute atomic E-state index is 12.0. The first-order valence-corrected chi connectivity index (χ1v) is 7.12. The van der Waals surface area contributed by atoms with Gasteiger partial charge in [-0.1, -0.05) is 41.9 Å². The van der Waals surface area contributed by atoms with Crippen LogP contribution in [-0.4, -0.2) is 16.1 Å². The normalized spacial score (nSPS) is 11.4. The highest BCUT2D eigenvalue weighted by atomic mass is 79.9. The van der Waals surface area contributed by atoms with Crippen molar-refractivity contribution in [1.29, 1.82) is 0 Å². The van der Waals surface area contributed by atoms with E-state index in [-0.39, 0.29) is 17.9 Å². The number of carbonyl (C=O) groups excluding carboxylic acids is 1. The summed E-state index contributed by atoms with van der Waals surface area (Å²) in [7, 11) is 0. The molecule has 0 unspecified atom stereocenters. The van der Waals surface area contributed by atoms with E-state index in [0.29, 0.717) is 17.1 Å². The zero-order valence-corrected chi connectivity index (χ0v) is 13.6. The third-order valence-corrected chi connectivity index (χ3v) is 3.19. The molecular formula is C14H16BrN3O3. The molecule has 6 nitrogen and oxygen atoms in total. The monoisotopic (exact) mass is 353 g/mol. The molecule has 112 valence electrons. The van der Waals surface area contributed by atoms with Gasteiger partial charge in [-0.15, -0.1) is 0 Å². The first-order chi connectivity index (χ1) is 9.77. The minimum atomic E-state index is -0.538. The first kappa shape index (κ1) is 15.5. The molecule has 0 radical (unpaired) electrons. The molecule has 0 aliphatic rings. The van der Waals surface area contributed by atoms with E-state index < -0.39 is 5.97 Å². The topological polar surface area (TPSA) is 91.2 Å². The Balaban J connectivity index is 2.04. The minimum Gasteiger partial charge on any atom is -0.452 e. The second-order valence-corrected chi connectivity index (χ2v) is 6.49. The molecule has 0 saturated heterocycles. The Hall–Kier alpha value is -1.89. The largest absolute Gasteiger partial charge is 0.452 e. The lowest BCUT2D eigenvalue weighted by atomic mass is 9.96. The van der Waals surface area contributed by atoms with Gasteiger partial charge in [-0.3, -0.25) is 0 Å². The zero-order valence-electron chi connectivity index (χ0n) is 12.0.